The lowest BCUT2D eigenvalue weighted by Gasteiger charge is -2.40. The van der Waals surface area contributed by atoms with E-state index in [9.17, 15) is 20.1 Å². The third kappa shape index (κ3) is 2.50. The normalized spacial score (nSPS) is 39.4. The molecule has 0 aliphatic carbocycles. The Labute approximate surface area is 93.1 Å². The van der Waals surface area contributed by atoms with Gasteiger partial charge in [-0.25, -0.2) is 0 Å². The summed E-state index contributed by atoms with van der Waals surface area (Å²) in [6.07, 6.45) is -4.15. The van der Waals surface area contributed by atoms with Gasteiger partial charge in [-0.15, -0.1) is 0 Å². The molecule has 16 heavy (non-hydrogen) atoms. The van der Waals surface area contributed by atoms with Crippen LogP contribution < -0.4 is 10.6 Å². The van der Waals surface area contributed by atoms with Gasteiger partial charge >= 0.3 is 0 Å². The molecule has 0 aromatic rings. The second kappa shape index (κ2) is 5.55. The van der Waals surface area contributed by atoms with E-state index in [0.717, 1.165) is 0 Å². The van der Waals surface area contributed by atoms with Gasteiger partial charge in [0, 0.05) is 6.54 Å². The van der Waals surface area contributed by atoms with Gasteiger partial charge in [0.15, 0.2) is 0 Å². The van der Waals surface area contributed by atoms with Crippen LogP contribution in [0.3, 0.4) is 0 Å². The van der Waals surface area contributed by atoms with Crippen molar-refractivity contribution >= 4 is 5.91 Å². The fourth-order valence-corrected chi connectivity index (χ4v) is 1.74. The average Bonchev–Trinajstić information content (AvgIpc) is 2.27. The molecule has 0 spiro atoms. The van der Waals surface area contributed by atoms with Gasteiger partial charge in [-0.05, 0) is 6.92 Å². The third-order valence-electron chi connectivity index (χ3n) is 2.68. The van der Waals surface area contributed by atoms with Crippen molar-refractivity contribution < 1.29 is 25.2 Å². The molecular weight excluding hydrogens is 216 g/mol. The number of hydrogen-bond acceptors (Lipinski definition) is 6. The highest BCUT2D eigenvalue weighted by molar-refractivity contribution is 5.82. The first-order valence-electron chi connectivity index (χ1n) is 5.21. The van der Waals surface area contributed by atoms with E-state index in [1.165, 1.54) is 0 Å². The molecule has 0 saturated carbocycles. The predicted octanol–water partition coefficient (Wildman–Crippen LogP) is -3.46. The van der Waals surface area contributed by atoms with Crippen LogP contribution in [0.4, 0.5) is 0 Å². The smallest absolute Gasteiger partial charge is 0.239 e. The van der Waals surface area contributed by atoms with Crippen LogP contribution in [0.5, 0.6) is 0 Å². The molecule has 1 amide bonds. The summed E-state index contributed by atoms with van der Waals surface area (Å²) >= 11 is 0. The van der Waals surface area contributed by atoms with E-state index < -0.39 is 42.9 Å². The molecule has 94 valence electrons. The number of aliphatic hydroxyl groups excluding tert-OH is 4. The van der Waals surface area contributed by atoms with E-state index in [4.69, 9.17) is 5.11 Å². The van der Waals surface area contributed by atoms with Crippen LogP contribution in [0.15, 0.2) is 0 Å². The number of carbonyl (C=O) groups is 1. The van der Waals surface area contributed by atoms with Gasteiger partial charge in [-0.1, -0.05) is 0 Å². The van der Waals surface area contributed by atoms with E-state index in [2.05, 4.69) is 10.6 Å². The highest BCUT2D eigenvalue weighted by Gasteiger charge is 2.44. The maximum atomic E-state index is 11.5. The first kappa shape index (κ1) is 13.3. The van der Waals surface area contributed by atoms with Gasteiger partial charge in [0.25, 0.3) is 0 Å². The minimum atomic E-state index is -1.45. The van der Waals surface area contributed by atoms with Gasteiger partial charge in [0.2, 0.25) is 5.91 Å². The number of aliphatic hydroxyl groups is 4. The van der Waals surface area contributed by atoms with E-state index in [0.29, 0.717) is 6.54 Å². The van der Waals surface area contributed by atoms with Gasteiger partial charge < -0.3 is 25.7 Å². The molecule has 1 rings (SSSR count). The van der Waals surface area contributed by atoms with Crippen molar-refractivity contribution in [2.24, 2.45) is 0 Å². The molecule has 1 saturated heterocycles. The van der Waals surface area contributed by atoms with Crippen molar-refractivity contribution in [2.75, 3.05) is 13.2 Å². The molecule has 0 aromatic heterocycles. The maximum absolute atomic E-state index is 11.5. The number of amides is 1. The second-order valence-corrected chi connectivity index (χ2v) is 3.80. The molecule has 0 radical (unpaired) electrons. The quantitative estimate of drug-likeness (QED) is 0.302. The number of rotatable bonds is 3. The predicted molar refractivity (Wildman–Crippen MR) is 54.5 cm³/mol. The molecule has 1 heterocycles. The van der Waals surface area contributed by atoms with Crippen LogP contribution in [-0.4, -0.2) is 69.9 Å². The topological polar surface area (TPSA) is 122 Å². The Morgan fingerprint density at radius 3 is 2.38 bits per heavy atom. The Kier molecular flexibility index (Phi) is 4.63. The highest BCUT2D eigenvalue weighted by Crippen LogP contribution is 2.15. The molecule has 7 nitrogen and oxygen atoms in total. The molecule has 5 atom stereocenters. The van der Waals surface area contributed by atoms with Crippen LogP contribution in [0.2, 0.25) is 0 Å². The number of carbonyl (C=O) groups excluding carboxylic acids is 1. The van der Waals surface area contributed by atoms with Crippen LogP contribution in [0, 0.1) is 0 Å². The average molecular weight is 234 g/mol. The molecule has 7 heteroatoms. The van der Waals surface area contributed by atoms with Gasteiger partial charge in [-0.2, -0.15) is 0 Å². The van der Waals surface area contributed by atoms with Gasteiger partial charge in [0.05, 0.1) is 12.6 Å². The van der Waals surface area contributed by atoms with Crippen molar-refractivity contribution in [3.63, 3.8) is 0 Å². The minimum absolute atomic E-state index is 0.395. The minimum Gasteiger partial charge on any atom is -0.395 e. The van der Waals surface area contributed by atoms with E-state index in [1.807, 2.05) is 0 Å². The first-order chi connectivity index (χ1) is 7.52. The monoisotopic (exact) mass is 234 g/mol. The Morgan fingerprint density at radius 1 is 1.25 bits per heavy atom. The molecule has 6 N–H and O–H groups in total. The van der Waals surface area contributed by atoms with Crippen molar-refractivity contribution in [1.82, 2.24) is 10.6 Å². The lowest BCUT2D eigenvalue weighted by atomic mass is 9.90. The van der Waals surface area contributed by atoms with Crippen LogP contribution >= 0.6 is 0 Å². The van der Waals surface area contributed by atoms with Crippen LogP contribution in [0.1, 0.15) is 6.92 Å². The zero-order chi connectivity index (χ0) is 12.3. The summed E-state index contributed by atoms with van der Waals surface area (Å²) in [5.74, 6) is -0.473. The largest absolute Gasteiger partial charge is 0.395 e. The van der Waals surface area contributed by atoms with Crippen LogP contribution in [-0.2, 0) is 4.79 Å². The summed E-state index contributed by atoms with van der Waals surface area (Å²) in [4.78, 5) is 11.5. The number of hydrogen-bond donors (Lipinski definition) is 6. The third-order valence-corrected chi connectivity index (χ3v) is 2.68. The summed E-state index contributed by atoms with van der Waals surface area (Å²) in [5, 5.41) is 42.6. The molecule has 1 fully saturated rings. The SMILES string of the molecule is CCNC(=O)C1N[C@H](CO)C(O)C(O)C1O. The zero-order valence-corrected chi connectivity index (χ0v) is 9.00. The van der Waals surface area contributed by atoms with Crippen molar-refractivity contribution in [3.05, 3.63) is 0 Å². The summed E-state index contributed by atoms with van der Waals surface area (Å²) in [7, 11) is 0. The molecule has 0 bridgehead atoms. The molecule has 1 aliphatic rings. The summed E-state index contributed by atoms with van der Waals surface area (Å²) < 4.78 is 0. The molecule has 0 aromatic carbocycles. The Hall–Kier alpha value is -0.730. The lowest BCUT2D eigenvalue weighted by molar-refractivity contribution is -0.145. The molecule has 1 aliphatic heterocycles. The maximum Gasteiger partial charge on any atom is 0.239 e. The van der Waals surface area contributed by atoms with Gasteiger partial charge in [-0.3, -0.25) is 10.1 Å². The second-order valence-electron chi connectivity index (χ2n) is 3.80. The number of nitrogens with one attached hydrogen (secondary N) is 2. The first-order valence-corrected chi connectivity index (χ1v) is 5.21. The fraction of sp³-hybridized carbons (Fsp3) is 0.889. The zero-order valence-electron chi connectivity index (χ0n) is 9.00. The number of likely N-dealkylation sites (N-methyl/N-ethyl adjacent to an activating group) is 1. The van der Waals surface area contributed by atoms with Gasteiger partial charge in [0.1, 0.15) is 24.4 Å². The highest BCUT2D eigenvalue weighted by atomic mass is 16.4. The molecule has 4 unspecified atom stereocenters. The Morgan fingerprint density at radius 2 is 1.88 bits per heavy atom. The van der Waals surface area contributed by atoms with E-state index in [1.54, 1.807) is 6.92 Å². The summed E-state index contributed by atoms with van der Waals surface area (Å²) in [5.41, 5.74) is 0. The van der Waals surface area contributed by atoms with Crippen LogP contribution in [0.25, 0.3) is 0 Å². The summed E-state index contributed by atoms with van der Waals surface area (Å²) in [6.45, 7) is 1.69. The standard InChI is InChI=1S/C9H18N2O5/c1-2-10-9(16)5-7(14)8(15)6(13)4(3-12)11-5/h4-8,11-15H,2-3H2,1H3,(H,10,16)/t4-,5?,6?,7?,8?/m1/s1. The molecular formula is C9H18N2O5. The fourth-order valence-electron chi connectivity index (χ4n) is 1.74. The Balaban J connectivity index is 2.74. The lowest BCUT2D eigenvalue weighted by Crippen LogP contribution is -2.69. The van der Waals surface area contributed by atoms with E-state index >= 15 is 0 Å². The Bertz CT molecular complexity index is 248. The van der Waals surface area contributed by atoms with Crippen molar-refractivity contribution in [2.45, 2.75) is 37.3 Å². The van der Waals surface area contributed by atoms with E-state index in [-0.39, 0.29) is 0 Å². The van der Waals surface area contributed by atoms with Crippen molar-refractivity contribution in [1.29, 1.82) is 0 Å². The summed E-state index contributed by atoms with van der Waals surface area (Å²) in [6, 6.07) is -1.86. The number of piperidine rings is 1. The van der Waals surface area contributed by atoms with Crippen molar-refractivity contribution in [3.8, 4) is 0 Å².